The number of nitrogens with two attached hydrogens (primary N) is 1. The van der Waals surface area contributed by atoms with Crippen molar-refractivity contribution in [3.63, 3.8) is 0 Å². The van der Waals surface area contributed by atoms with Gasteiger partial charge in [-0.25, -0.2) is 0 Å². The summed E-state index contributed by atoms with van der Waals surface area (Å²) in [6.07, 6.45) is 1.35. The largest absolute Gasteiger partial charge is 0.330 e. The number of carbonyl (C=O) groups is 2. The minimum absolute atomic E-state index is 0.0829. The Hall–Kier alpha value is -1.23. The molecule has 5 heteroatoms. The summed E-state index contributed by atoms with van der Waals surface area (Å²) in [6, 6.07) is 0. The molecule has 3 N–H and O–H groups in total. The third-order valence-corrected chi connectivity index (χ3v) is 2.49. The maximum Gasteiger partial charge on any atom is 0.259 e. The van der Waals surface area contributed by atoms with Gasteiger partial charge in [0.1, 0.15) is 11.8 Å². The Balaban J connectivity index is 2.80. The fraction of sp³-hybridized carbons (Fsp3) is 0.700. The van der Waals surface area contributed by atoms with Crippen LogP contribution in [0.5, 0.6) is 0 Å². The molecule has 84 valence electrons. The van der Waals surface area contributed by atoms with Gasteiger partial charge in [-0.3, -0.25) is 9.59 Å². The summed E-state index contributed by atoms with van der Waals surface area (Å²) in [5, 5.41) is 2.64. The standard InChI is InChI=1S/C10H17N3O2/c1-3-4-7-9(14)12-8(6(2)5-11)13-10(7)15/h6-7H,3-5,11H2,1-2H3,(H,12,13,14,15). The van der Waals surface area contributed by atoms with E-state index >= 15 is 0 Å². The molecule has 15 heavy (non-hydrogen) atoms. The van der Waals surface area contributed by atoms with Crippen LogP contribution in [0.2, 0.25) is 0 Å². The van der Waals surface area contributed by atoms with Crippen LogP contribution in [0.3, 0.4) is 0 Å². The Bertz CT molecular complexity index is 299. The monoisotopic (exact) mass is 211 g/mol. The lowest BCUT2D eigenvalue weighted by molar-refractivity contribution is -0.133. The van der Waals surface area contributed by atoms with E-state index in [4.69, 9.17) is 5.73 Å². The first-order chi connectivity index (χ1) is 7.10. The van der Waals surface area contributed by atoms with E-state index in [0.29, 0.717) is 18.8 Å². The van der Waals surface area contributed by atoms with Crippen LogP contribution >= 0.6 is 0 Å². The summed E-state index contributed by atoms with van der Waals surface area (Å²) in [5.41, 5.74) is 5.44. The number of nitrogens with zero attached hydrogens (tertiary/aromatic N) is 1. The second-order valence-corrected chi connectivity index (χ2v) is 3.80. The van der Waals surface area contributed by atoms with Crippen LogP contribution in [0, 0.1) is 11.8 Å². The molecule has 2 unspecified atom stereocenters. The minimum Gasteiger partial charge on any atom is -0.330 e. The van der Waals surface area contributed by atoms with Crippen LogP contribution in [0.4, 0.5) is 0 Å². The Morgan fingerprint density at radius 3 is 2.67 bits per heavy atom. The van der Waals surface area contributed by atoms with Crippen LogP contribution in [0.1, 0.15) is 26.7 Å². The number of amides is 2. The van der Waals surface area contributed by atoms with E-state index in [-0.39, 0.29) is 17.7 Å². The van der Waals surface area contributed by atoms with Crippen LogP contribution < -0.4 is 11.1 Å². The number of hydrogen-bond donors (Lipinski definition) is 2. The van der Waals surface area contributed by atoms with Crippen molar-refractivity contribution in [1.82, 2.24) is 5.32 Å². The molecule has 0 aromatic rings. The number of hydrogen-bond acceptors (Lipinski definition) is 3. The second kappa shape index (κ2) is 5.02. The van der Waals surface area contributed by atoms with Crippen LogP contribution in [-0.4, -0.2) is 24.2 Å². The molecule has 0 aromatic heterocycles. The molecule has 0 radical (unpaired) electrons. The summed E-state index contributed by atoms with van der Waals surface area (Å²) in [5.74, 6) is -0.868. The summed E-state index contributed by atoms with van der Waals surface area (Å²) < 4.78 is 0. The number of aliphatic imine (C=N–C) groups is 1. The Morgan fingerprint density at radius 2 is 2.20 bits per heavy atom. The van der Waals surface area contributed by atoms with E-state index in [1.54, 1.807) is 0 Å². The molecular weight excluding hydrogens is 194 g/mol. The topological polar surface area (TPSA) is 84.6 Å². The summed E-state index contributed by atoms with van der Waals surface area (Å²) in [6.45, 7) is 4.12. The lowest BCUT2D eigenvalue weighted by atomic mass is 9.99. The molecule has 0 aliphatic carbocycles. The summed E-state index contributed by atoms with van der Waals surface area (Å²) in [4.78, 5) is 27.0. The van der Waals surface area contributed by atoms with Gasteiger partial charge in [-0.2, -0.15) is 4.99 Å². The van der Waals surface area contributed by atoms with Crippen molar-refractivity contribution in [3.05, 3.63) is 0 Å². The molecule has 2 amide bonds. The van der Waals surface area contributed by atoms with E-state index in [2.05, 4.69) is 10.3 Å². The smallest absolute Gasteiger partial charge is 0.259 e. The van der Waals surface area contributed by atoms with Crippen molar-refractivity contribution in [1.29, 1.82) is 0 Å². The maximum atomic E-state index is 11.6. The Labute approximate surface area is 89.1 Å². The van der Waals surface area contributed by atoms with Crippen molar-refractivity contribution >= 4 is 17.6 Å². The Kier molecular flexibility index (Phi) is 3.96. The average Bonchev–Trinajstić information content (AvgIpc) is 2.22. The molecule has 1 heterocycles. The zero-order valence-corrected chi connectivity index (χ0v) is 9.12. The van der Waals surface area contributed by atoms with E-state index in [1.807, 2.05) is 13.8 Å². The van der Waals surface area contributed by atoms with Crippen molar-refractivity contribution in [3.8, 4) is 0 Å². The molecule has 0 fully saturated rings. The number of amidine groups is 1. The van der Waals surface area contributed by atoms with E-state index in [0.717, 1.165) is 6.42 Å². The highest BCUT2D eigenvalue weighted by atomic mass is 16.2. The predicted octanol–water partition coefficient (Wildman–Crippen LogP) is 0.0524. The van der Waals surface area contributed by atoms with E-state index in [9.17, 15) is 9.59 Å². The molecule has 1 aliphatic heterocycles. The van der Waals surface area contributed by atoms with E-state index in [1.165, 1.54) is 0 Å². The van der Waals surface area contributed by atoms with Crippen molar-refractivity contribution in [2.75, 3.05) is 6.54 Å². The molecule has 0 saturated heterocycles. The van der Waals surface area contributed by atoms with Crippen LogP contribution in [-0.2, 0) is 9.59 Å². The van der Waals surface area contributed by atoms with Gasteiger partial charge in [0.2, 0.25) is 5.91 Å². The molecule has 1 aliphatic rings. The van der Waals surface area contributed by atoms with Crippen molar-refractivity contribution < 1.29 is 9.59 Å². The summed E-state index contributed by atoms with van der Waals surface area (Å²) >= 11 is 0. The fourth-order valence-corrected chi connectivity index (χ4v) is 1.44. The first-order valence-corrected chi connectivity index (χ1v) is 5.23. The van der Waals surface area contributed by atoms with Gasteiger partial charge >= 0.3 is 0 Å². The molecule has 0 spiro atoms. The molecule has 2 atom stereocenters. The molecular formula is C10H17N3O2. The van der Waals surface area contributed by atoms with Gasteiger partial charge in [0.25, 0.3) is 5.91 Å². The van der Waals surface area contributed by atoms with Gasteiger partial charge in [0.15, 0.2) is 0 Å². The zero-order valence-electron chi connectivity index (χ0n) is 9.12. The van der Waals surface area contributed by atoms with Gasteiger partial charge in [-0.05, 0) is 6.42 Å². The van der Waals surface area contributed by atoms with Gasteiger partial charge in [0.05, 0.1) is 0 Å². The predicted molar refractivity (Wildman–Crippen MR) is 57.2 cm³/mol. The molecule has 1 rings (SSSR count). The fourth-order valence-electron chi connectivity index (χ4n) is 1.44. The zero-order chi connectivity index (χ0) is 11.4. The van der Waals surface area contributed by atoms with Gasteiger partial charge in [-0.1, -0.05) is 20.3 Å². The van der Waals surface area contributed by atoms with Crippen LogP contribution in [0.15, 0.2) is 4.99 Å². The molecule has 0 aromatic carbocycles. The number of carbonyl (C=O) groups excluding carboxylic acids is 2. The highest BCUT2D eigenvalue weighted by molar-refractivity contribution is 6.16. The molecule has 0 bridgehead atoms. The minimum atomic E-state index is -0.608. The first kappa shape index (κ1) is 11.8. The van der Waals surface area contributed by atoms with Gasteiger partial charge in [0, 0.05) is 12.5 Å². The Morgan fingerprint density at radius 1 is 1.53 bits per heavy atom. The average molecular weight is 211 g/mol. The van der Waals surface area contributed by atoms with Crippen molar-refractivity contribution in [2.45, 2.75) is 26.7 Å². The normalized spacial score (nSPS) is 23.4. The lowest BCUT2D eigenvalue weighted by Crippen LogP contribution is -2.47. The molecule has 0 saturated carbocycles. The third kappa shape index (κ3) is 2.62. The van der Waals surface area contributed by atoms with E-state index < -0.39 is 5.92 Å². The highest BCUT2D eigenvalue weighted by Gasteiger charge is 2.32. The highest BCUT2D eigenvalue weighted by Crippen LogP contribution is 2.14. The lowest BCUT2D eigenvalue weighted by Gasteiger charge is -2.22. The molecule has 5 nitrogen and oxygen atoms in total. The number of nitrogens with one attached hydrogen (secondary N) is 1. The third-order valence-electron chi connectivity index (χ3n) is 2.49. The number of rotatable bonds is 4. The van der Waals surface area contributed by atoms with Gasteiger partial charge < -0.3 is 11.1 Å². The second-order valence-electron chi connectivity index (χ2n) is 3.80. The van der Waals surface area contributed by atoms with Crippen molar-refractivity contribution in [2.24, 2.45) is 22.6 Å². The first-order valence-electron chi connectivity index (χ1n) is 5.23. The van der Waals surface area contributed by atoms with Crippen LogP contribution in [0.25, 0.3) is 0 Å². The summed E-state index contributed by atoms with van der Waals surface area (Å²) in [7, 11) is 0. The quantitative estimate of drug-likeness (QED) is 0.644. The maximum absolute atomic E-state index is 11.6. The van der Waals surface area contributed by atoms with Gasteiger partial charge in [-0.15, -0.1) is 0 Å². The SMILES string of the molecule is CCCC1C(=O)N=C(C(C)CN)NC1=O.